The third-order valence-electron chi connectivity index (χ3n) is 2.89. The number of hydroxylamine groups is 3. The van der Waals surface area contributed by atoms with Crippen molar-refractivity contribution in [3.63, 3.8) is 0 Å². The molecule has 4 nitrogen and oxygen atoms in total. The van der Waals surface area contributed by atoms with Gasteiger partial charge in [0.15, 0.2) is 0 Å². The van der Waals surface area contributed by atoms with Crippen LogP contribution in [-0.2, 0) is 6.42 Å². The number of benzene rings is 1. The maximum atomic E-state index is 11.6. The number of hydrogen-bond acceptors (Lipinski definition) is 2. The number of aromatic nitrogens is 1. The van der Waals surface area contributed by atoms with Crippen LogP contribution in [0.15, 0.2) is 24.4 Å². The van der Waals surface area contributed by atoms with Gasteiger partial charge in [0.25, 0.3) is 0 Å². The molecule has 0 bridgehead atoms. The molecule has 0 aliphatic heterocycles. The van der Waals surface area contributed by atoms with Crippen LogP contribution < -0.4 is 4.74 Å². The fourth-order valence-corrected chi connectivity index (χ4v) is 1.88. The number of likely N-dealkylation sites (N-methyl/N-ethyl adjacent to an activating group) is 1. The van der Waals surface area contributed by atoms with E-state index in [2.05, 4.69) is 4.98 Å². The van der Waals surface area contributed by atoms with Crippen molar-refractivity contribution in [2.24, 2.45) is 0 Å². The van der Waals surface area contributed by atoms with E-state index in [0.29, 0.717) is 6.54 Å². The van der Waals surface area contributed by atoms with Crippen LogP contribution in [0.1, 0.15) is 5.56 Å². The van der Waals surface area contributed by atoms with Crippen molar-refractivity contribution in [2.45, 2.75) is 6.42 Å². The Bertz CT molecular complexity index is 512. The Morgan fingerprint density at radius 2 is 2.12 bits per heavy atom. The molecule has 0 atom stereocenters. The van der Waals surface area contributed by atoms with E-state index < -0.39 is 0 Å². The number of ether oxygens (including phenoxy) is 1. The van der Waals surface area contributed by atoms with E-state index in [4.69, 9.17) is 4.74 Å². The summed E-state index contributed by atoms with van der Waals surface area (Å²) in [7, 11) is 4.98. The van der Waals surface area contributed by atoms with Crippen molar-refractivity contribution in [1.82, 2.24) is 4.98 Å². The molecular formula is C13H18N2O2. The van der Waals surface area contributed by atoms with Gasteiger partial charge in [0.05, 0.1) is 27.7 Å². The van der Waals surface area contributed by atoms with E-state index in [1.165, 1.54) is 5.56 Å². The summed E-state index contributed by atoms with van der Waals surface area (Å²) in [4.78, 5) is 3.21. The molecule has 2 rings (SSSR count). The summed E-state index contributed by atoms with van der Waals surface area (Å²) < 4.78 is 4.95. The monoisotopic (exact) mass is 234 g/mol. The van der Waals surface area contributed by atoms with Gasteiger partial charge in [-0.25, -0.2) is 0 Å². The molecule has 2 aromatic rings. The highest BCUT2D eigenvalue weighted by molar-refractivity contribution is 5.84. The lowest BCUT2D eigenvalue weighted by molar-refractivity contribution is -0.839. The first kappa shape index (κ1) is 12.0. The molecule has 92 valence electrons. The van der Waals surface area contributed by atoms with E-state index in [-0.39, 0.29) is 4.65 Å². The van der Waals surface area contributed by atoms with Crippen LogP contribution in [0.3, 0.4) is 0 Å². The quantitative estimate of drug-likeness (QED) is 0.651. The number of H-pyrrole nitrogens is 1. The topological polar surface area (TPSA) is 48.1 Å². The molecule has 0 aliphatic rings. The minimum Gasteiger partial charge on any atom is -0.633 e. The predicted molar refractivity (Wildman–Crippen MR) is 68.9 cm³/mol. The number of aromatic amines is 1. The van der Waals surface area contributed by atoms with Gasteiger partial charge in [0.1, 0.15) is 5.75 Å². The van der Waals surface area contributed by atoms with Crippen LogP contribution in [0.25, 0.3) is 10.9 Å². The fourth-order valence-electron chi connectivity index (χ4n) is 1.88. The number of nitrogens with zero attached hydrogens (tertiary/aromatic N) is 1. The normalized spacial score (nSPS) is 12.0. The molecule has 0 radical (unpaired) electrons. The average molecular weight is 234 g/mol. The number of fused-ring (bicyclic) bond motifs is 1. The highest BCUT2D eigenvalue weighted by Crippen LogP contribution is 2.24. The van der Waals surface area contributed by atoms with E-state index in [0.717, 1.165) is 23.1 Å². The van der Waals surface area contributed by atoms with Crippen LogP contribution in [0.2, 0.25) is 0 Å². The predicted octanol–water partition coefficient (Wildman–Crippen LogP) is 2.29. The summed E-state index contributed by atoms with van der Waals surface area (Å²) in [5, 5.41) is 12.7. The Balaban J connectivity index is 2.28. The van der Waals surface area contributed by atoms with Gasteiger partial charge < -0.3 is 19.6 Å². The Labute approximate surface area is 101 Å². The van der Waals surface area contributed by atoms with Gasteiger partial charge in [0, 0.05) is 23.5 Å². The van der Waals surface area contributed by atoms with Crippen LogP contribution in [0.5, 0.6) is 5.75 Å². The zero-order valence-electron chi connectivity index (χ0n) is 10.5. The van der Waals surface area contributed by atoms with Crippen molar-refractivity contribution in [2.75, 3.05) is 27.7 Å². The number of hydrogen-bond donors (Lipinski definition) is 1. The van der Waals surface area contributed by atoms with Gasteiger partial charge in [-0.1, -0.05) is 0 Å². The molecule has 0 spiro atoms. The molecule has 1 N–H and O–H groups in total. The van der Waals surface area contributed by atoms with E-state index in [9.17, 15) is 5.21 Å². The highest BCUT2D eigenvalue weighted by Gasteiger charge is 2.08. The summed E-state index contributed by atoms with van der Waals surface area (Å²) in [5.41, 5.74) is 2.25. The van der Waals surface area contributed by atoms with Gasteiger partial charge in [-0.3, -0.25) is 0 Å². The van der Waals surface area contributed by atoms with Crippen LogP contribution in [0.4, 0.5) is 0 Å². The second-order valence-corrected chi connectivity index (χ2v) is 4.77. The van der Waals surface area contributed by atoms with Crippen LogP contribution >= 0.6 is 0 Å². The lowest BCUT2D eigenvalue weighted by Crippen LogP contribution is -2.34. The van der Waals surface area contributed by atoms with Gasteiger partial charge in [0.2, 0.25) is 0 Å². The van der Waals surface area contributed by atoms with Crippen molar-refractivity contribution in [3.05, 3.63) is 35.2 Å². The zero-order chi connectivity index (χ0) is 12.5. The van der Waals surface area contributed by atoms with E-state index in [1.54, 1.807) is 21.2 Å². The highest BCUT2D eigenvalue weighted by atomic mass is 16.5. The Hall–Kier alpha value is -1.52. The third kappa shape index (κ3) is 2.78. The molecule has 0 saturated heterocycles. The standard InChI is InChI=1S/C13H18N2O2/c1-15(2,16)7-6-10-9-14-13-5-4-11(17-3)8-12(10)13/h4-5,8-9,14H,6-7H2,1-3H3. The summed E-state index contributed by atoms with van der Waals surface area (Å²) >= 11 is 0. The smallest absolute Gasteiger partial charge is 0.119 e. The fraction of sp³-hybridized carbons (Fsp3) is 0.385. The van der Waals surface area contributed by atoms with Crippen molar-refractivity contribution in [3.8, 4) is 5.75 Å². The molecule has 1 aromatic heterocycles. The molecule has 0 amide bonds. The number of nitrogens with one attached hydrogen (secondary N) is 1. The van der Waals surface area contributed by atoms with Gasteiger partial charge in [-0.05, 0) is 23.8 Å². The molecule has 0 saturated carbocycles. The zero-order valence-corrected chi connectivity index (χ0v) is 10.5. The molecule has 17 heavy (non-hydrogen) atoms. The van der Waals surface area contributed by atoms with Crippen LogP contribution in [0, 0.1) is 5.21 Å². The van der Waals surface area contributed by atoms with Gasteiger partial charge in [-0.2, -0.15) is 0 Å². The minimum absolute atomic E-state index is 0.267. The maximum absolute atomic E-state index is 11.6. The lowest BCUT2D eigenvalue weighted by Gasteiger charge is -2.33. The SMILES string of the molecule is COc1ccc2[nH]cc(CC[N+](C)(C)[O-])c2c1. The van der Waals surface area contributed by atoms with Crippen LogP contribution in [-0.4, -0.2) is 37.4 Å². The molecule has 0 fully saturated rings. The summed E-state index contributed by atoms with van der Waals surface area (Å²) in [6, 6.07) is 5.93. The molecule has 4 heteroatoms. The first-order chi connectivity index (χ1) is 7.99. The Kier molecular flexibility index (Phi) is 3.09. The Morgan fingerprint density at radius 3 is 2.76 bits per heavy atom. The molecular weight excluding hydrogens is 216 g/mol. The summed E-state index contributed by atoms with van der Waals surface area (Å²) in [5.74, 6) is 0.842. The number of quaternary nitrogens is 1. The number of rotatable bonds is 4. The van der Waals surface area contributed by atoms with E-state index >= 15 is 0 Å². The molecule has 0 unspecified atom stereocenters. The first-order valence-electron chi connectivity index (χ1n) is 5.67. The Morgan fingerprint density at radius 1 is 1.35 bits per heavy atom. The van der Waals surface area contributed by atoms with Crippen molar-refractivity contribution >= 4 is 10.9 Å². The maximum Gasteiger partial charge on any atom is 0.119 e. The van der Waals surface area contributed by atoms with E-state index in [1.807, 2.05) is 24.4 Å². The molecule has 1 aromatic carbocycles. The number of methoxy groups -OCH3 is 1. The summed E-state index contributed by atoms with van der Waals surface area (Å²) in [6.45, 7) is 0.574. The third-order valence-corrected chi connectivity index (χ3v) is 2.89. The lowest BCUT2D eigenvalue weighted by atomic mass is 10.1. The second kappa shape index (κ2) is 4.39. The van der Waals surface area contributed by atoms with Gasteiger partial charge in [-0.15, -0.1) is 0 Å². The minimum atomic E-state index is -0.267. The molecule has 1 heterocycles. The van der Waals surface area contributed by atoms with Crippen molar-refractivity contribution < 1.29 is 9.38 Å². The summed E-state index contributed by atoms with van der Waals surface area (Å²) in [6.07, 6.45) is 2.74. The molecule has 0 aliphatic carbocycles. The van der Waals surface area contributed by atoms with Gasteiger partial charge >= 0.3 is 0 Å². The average Bonchev–Trinajstić information content (AvgIpc) is 2.67. The van der Waals surface area contributed by atoms with Crippen molar-refractivity contribution in [1.29, 1.82) is 0 Å². The largest absolute Gasteiger partial charge is 0.633 e. The second-order valence-electron chi connectivity index (χ2n) is 4.77. The first-order valence-corrected chi connectivity index (χ1v) is 5.67.